The van der Waals surface area contributed by atoms with Gasteiger partial charge in [0.25, 0.3) is 0 Å². The molecule has 4 nitrogen and oxygen atoms in total. The Kier molecular flexibility index (Phi) is 8.59. The minimum atomic E-state index is -0.110. The molecular formula is C14H29NO3. The smallest absolute Gasteiger partial charge is 0.158 e. The van der Waals surface area contributed by atoms with E-state index in [0.29, 0.717) is 19.1 Å². The van der Waals surface area contributed by atoms with Gasteiger partial charge in [-0.05, 0) is 39.2 Å². The molecule has 108 valence electrons. The van der Waals surface area contributed by atoms with Crippen LogP contribution < -0.4 is 5.32 Å². The summed E-state index contributed by atoms with van der Waals surface area (Å²) in [6.45, 7) is 7.13. The Morgan fingerprint density at radius 1 is 1.17 bits per heavy atom. The lowest BCUT2D eigenvalue weighted by molar-refractivity contribution is -0.138. The van der Waals surface area contributed by atoms with E-state index in [9.17, 15) is 5.11 Å². The average Bonchev–Trinajstić information content (AvgIpc) is 2.37. The Morgan fingerprint density at radius 2 is 1.83 bits per heavy atom. The number of nitrogens with one attached hydrogen (secondary N) is 1. The lowest BCUT2D eigenvalue weighted by Gasteiger charge is -2.28. The number of rotatable bonds is 9. The zero-order valence-electron chi connectivity index (χ0n) is 11.9. The molecule has 1 rings (SSSR count). The average molecular weight is 259 g/mol. The second kappa shape index (κ2) is 9.73. The van der Waals surface area contributed by atoms with E-state index in [2.05, 4.69) is 5.32 Å². The molecule has 1 saturated carbocycles. The van der Waals surface area contributed by atoms with Crippen molar-refractivity contribution in [3.05, 3.63) is 0 Å². The largest absolute Gasteiger partial charge is 0.393 e. The molecule has 4 heteroatoms. The lowest BCUT2D eigenvalue weighted by Crippen LogP contribution is -2.35. The van der Waals surface area contributed by atoms with Gasteiger partial charge in [-0.1, -0.05) is 12.8 Å². The van der Waals surface area contributed by atoms with E-state index in [1.54, 1.807) is 0 Å². The third kappa shape index (κ3) is 6.14. The van der Waals surface area contributed by atoms with Crippen LogP contribution in [0, 0.1) is 5.92 Å². The van der Waals surface area contributed by atoms with Gasteiger partial charge in [-0.25, -0.2) is 0 Å². The van der Waals surface area contributed by atoms with Crippen LogP contribution in [0.4, 0.5) is 0 Å². The molecule has 2 N–H and O–H groups in total. The molecule has 0 aromatic rings. The third-order valence-corrected chi connectivity index (χ3v) is 3.54. The first kappa shape index (κ1) is 15.9. The van der Waals surface area contributed by atoms with Crippen LogP contribution in [0.25, 0.3) is 0 Å². The van der Waals surface area contributed by atoms with Crippen molar-refractivity contribution >= 4 is 0 Å². The Labute approximate surface area is 111 Å². The predicted octanol–water partition coefficient (Wildman–Crippen LogP) is 1.92. The van der Waals surface area contributed by atoms with Crippen LogP contribution in [-0.4, -0.2) is 43.8 Å². The summed E-state index contributed by atoms with van der Waals surface area (Å²) in [5.74, 6) is 0.427. The predicted molar refractivity (Wildman–Crippen MR) is 72.5 cm³/mol. The fourth-order valence-electron chi connectivity index (χ4n) is 2.52. The summed E-state index contributed by atoms with van der Waals surface area (Å²) in [5.41, 5.74) is 0. The molecule has 2 atom stereocenters. The van der Waals surface area contributed by atoms with E-state index in [-0.39, 0.29) is 12.4 Å². The van der Waals surface area contributed by atoms with Crippen molar-refractivity contribution in [1.82, 2.24) is 5.32 Å². The summed E-state index contributed by atoms with van der Waals surface area (Å²) >= 11 is 0. The number of aliphatic hydroxyl groups excluding tert-OH is 1. The Bertz CT molecular complexity index is 195. The van der Waals surface area contributed by atoms with E-state index >= 15 is 0 Å². The number of ether oxygens (including phenoxy) is 2. The lowest BCUT2D eigenvalue weighted by atomic mass is 9.86. The number of aliphatic hydroxyl groups is 1. The van der Waals surface area contributed by atoms with Crippen LogP contribution in [0.2, 0.25) is 0 Å². The quantitative estimate of drug-likeness (QED) is 0.490. The van der Waals surface area contributed by atoms with Crippen LogP contribution >= 0.6 is 0 Å². The van der Waals surface area contributed by atoms with E-state index in [0.717, 1.165) is 32.4 Å². The highest BCUT2D eigenvalue weighted by Gasteiger charge is 2.22. The first-order valence-corrected chi connectivity index (χ1v) is 7.39. The van der Waals surface area contributed by atoms with E-state index in [1.807, 2.05) is 13.8 Å². The second-order valence-electron chi connectivity index (χ2n) is 4.94. The van der Waals surface area contributed by atoms with Gasteiger partial charge in [-0.2, -0.15) is 0 Å². The summed E-state index contributed by atoms with van der Waals surface area (Å²) in [6.07, 6.45) is 5.20. The van der Waals surface area contributed by atoms with Gasteiger partial charge < -0.3 is 19.9 Å². The molecule has 0 aromatic heterocycles. The molecule has 18 heavy (non-hydrogen) atoms. The molecule has 0 bridgehead atoms. The second-order valence-corrected chi connectivity index (χ2v) is 4.94. The topological polar surface area (TPSA) is 50.7 Å². The maximum atomic E-state index is 9.86. The third-order valence-electron chi connectivity index (χ3n) is 3.54. The van der Waals surface area contributed by atoms with E-state index < -0.39 is 0 Å². The summed E-state index contributed by atoms with van der Waals surface area (Å²) in [4.78, 5) is 0. The Morgan fingerprint density at radius 3 is 2.44 bits per heavy atom. The van der Waals surface area contributed by atoms with E-state index in [1.165, 1.54) is 12.8 Å². The molecule has 1 aliphatic carbocycles. The maximum absolute atomic E-state index is 9.86. The fraction of sp³-hybridized carbons (Fsp3) is 1.00. The van der Waals surface area contributed by atoms with Crippen LogP contribution in [0.1, 0.15) is 46.0 Å². The first-order valence-electron chi connectivity index (χ1n) is 7.39. The highest BCUT2D eigenvalue weighted by Crippen LogP contribution is 2.23. The SMILES string of the molecule is CCOC(CCNCC1CCCCC1O)OCC. The van der Waals surface area contributed by atoms with Crippen molar-refractivity contribution in [2.24, 2.45) is 5.92 Å². The van der Waals surface area contributed by atoms with Crippen LogP contribution in [0.3, 0.4) is 0 Å². The van der Waals surface area contributed by atoms with Gasteiger partial charge in [0, 0.05) is 26.2 Å². The maximum Gasteiger partial charge on any atom is 0.158 e. The molecule has 0 heterocycles. The molecule has 0 radical (unpaired) electrons. The monoisotopic (exact) mass is 259 g/mol. The van der Waals surface area contributed by atoms with E-state index in [4.69, 9.17) is 9.47 Å². The minimum Gasteiger partial charge on any atom is -0.393 e. The minimum absolute atomic E-state index is 0.0937. The molecule has 0 saturated heterocycles. The normalized spacial score (nSPS) is 24.7. The molecule has 0 spiro atoms. The van der Waals surface area contributed by atoms with Gasteiger partial charge in [0.05, 0.1) is 6.10 Å². The van der Waals surface area contributed by atoms with Gasteiger partial charge >= 0.3 is 0 Å². The summed E-state index contributed by atoms with van der Waals surface area (Å²) in [6, 6.07) is 0. The Balaban J connectivity index is 2.08. The van der Waals surface area contributed by atoms with Crippen molar-refractivity contribution in [1.29, 1.82) is 0 Å². The zero-order chi connectivity index (χ0) is 13.2. The first-order chi connectivity index (χ1) is 8.77. The van der Waals surface area contributed by atoms with Crippen LogP contribution in [0.5, 0.6) is 0 Å². The van der Waals surface area contributed by atoms with Gasteiger partial charge in [-0.3, -0.25) is 0 Å². The van der Waals surface area contributed by atoms with Crippen LogP contribution in [0.15, 0.2) is 0 Å². The molecule has 2 unspecified atom stereocenters. The van der Waals surface area contributed by atoms with Crippen molar-refractivity contribution in [2.75, 3.05) is 26.3 Å². The highest BCUT2D eigenvalue weighted by molar-refractivity contribution is 4.76. The zero-order valence-corrected chi connectivity index (χ0v) is 11.9. The number of hydrogen-bond acceptors (Lipinski definition) is 4. The summed E-state index contributed by atoms with van der Waals surface area (Å²) in [7, 11) is 0. The van der Waals surface area contributed by atoms with Gasteiger partial charge in [-0.15, -0.1) is 0 Å². The molecular weight excluding hydrogens is 230 g/mol. The number of hydrogen-bond donors (Lipinski definition) is 2. The fourth-order valence-corrected chi connectivity index (χ4v) is 2.52. The van der Waals surface area contributed by atoms with Crippen molar-refractivity contribution in [2.45, 2.75) is 58.3 Å². The molecule has 0 amide bonds. The van der Waals surface area contributed by atoms with Gasteiger partial charge in [0.2, 0.25) is 0 Å². The van der Waals surface area contributed by atoms with Crippen molar-refractivity contribution in [3.8, 4) is 0 Å². The van der Waals surface area contributed by atoms with Crippen LogP contribution in [-0.2, 0) is 9.47 Å². The standard InChI is InChI=1S/C14H29NO3/c1-3-17-14(18-4-2)9-10-15-11-12-7-5-6-8-13(12)16/h12-16H,3-11H2,1-2H3. The molecule has 1 aliphatic rings. The summed E-state index contributed by atoms with van der Waals surface area (Å²) in [5, 5.41) is 13.3. The molecule has 0 aromatic carbocycles. The Hall–Kier alpha value is -0.160. The van der Waals surface area contributed by atoms with Crippen molar-refractivity contribution in [3.63, 3.8) is 0 Å². The highest BCUT2D eigenvalue weighted by atomic mass is 16.7. The summed E-state index contributed by atoms with van der Waals surface area (Å²) < 4.78 is 11.0. The van der Waals surface area contributed by atoms with Gasteiger partial charge in [0.15, 0.2) is 6.29 Å². The van der Waals surface area contributed by atoms with Crippen molar-refractivity contribution < 1.29 is 14.6 Å². The molecule has 1 fully saturated rings. The van der Waals surface area contributed by atoms with Gasteiger partial charge in [0.1, 0.15) is 0 Å². The molecule has 0 aliphatic heterocycles.